The minimum absolute atomic E-state index is 0.0442. The lowest BCUT2D eigenvalue weighted by molar-refractivity contribution is -0.127. The van der Waals surface area contributed by atoms with Crippen molar-refractivity contribution in [2.24, 2.45) is 5.41 Å². The summed E-state index contributed by atoms with van der Waals surface area (Å²) < 4.78 is 52.0. The number of rotatable bonds is 5. The SMILES string of the molecule is C[C@H]1C[C@H](c2c[nH]c3c(F)c(F)ccc23)CCN1CCN1C(=O)C(C)(C)Cc2cc(S(C)(=O)=O)ccc21. The maximum atomic E-state index is 14.2. The molecule has 198 valence electrons. The molecule has 3 aromatic rings. The number of amides is 1. The first-order valence-corrected chi connectivity index (χ1v) is 14.6. The molecule has 0 saturated carbocycles. The number of carbonyl (C=O) groups excluding carboxylic acids is 1. The van der Waals surface area contributed by atoms with Crippen molar-refractivity contribution in [2.45, 2.75) is 56.9 Å². The standard InChI is InChI=1S/C28H33F2N3O3S/c1-17-13-18(22-16-31-26-21(22)6-7-23(29)25(26)30)9-10-32(17)11-12-33-24-8-5-20(37(4,35)36)14-19(24)15-28(2,3)27(33)34/h5-8,14,16-18,31H,9-13,15H2,1-4H3/t17-,18+/m0/s1. The average Bonchev–Trinajstić information content (AvgIpc) is 3.26. The second kappa shape index (κ2) is 9.20. The lowest BCUT2D eigenvalue weighted by atomic mass is 9.80. The number of benzene rings is 2. The van der Waals surface area contributed by atoms with E-state index >= 15 is 0 Å². The van der Waals surface area contributed by atoms with Crippen molar-refractivity contribution in [3.63, 3.8) is 0 Å². The van der Waals surface area contributed by atoms with Crippen LogP contribution in [0.25, 0.3) is 10.9 Å². The Labute approximate surface area is 216 Å². The molecule has 5 rings (SSSR count). The van der Waals surface area contributed by atoms with Gasteiger partial charge in [-0.1, -0.05) is 13.8 Å². The van der Waals surface area contributed by atoms with Crippen LogP contribution in [0.5, 0.6) is 0 Å². The summed E-state index contributed by atoms with van der Waals surface area (Å²) in [6, 6.07) is 8.11. The number of carbonyl (C=O) groups is 1. The number of aromatic nitrogens is 1. The second-order valence-corrected chi connectivity index (χ2v) is 13.2. The summed E-state index contributed by atoms with van der Waals surface area (Å²) in [5, 5.41) is 0.732. The van der Waals surface area contributed by atoms with Crippen LogP contribution in [0, 0.1) is 17.0 Å². The number of piperidine rings is 1. The van der Waals surface area contributed by atoms with Crippen molar-refractivity contribution in [3.05, 3.63) is 59.3 Å². The minimum atomic E-state index is -3.34. The van der Waals surface area contributed by atoms with Crippen molar-refractivity contribution in [1.29, 1.82) is 0 Å². The Kier molecular flexibility index (Phi) is 6.43. The van der Waals surface area contributed by atoms with E-state index in [1.807, 2.05) is 13.8 Å². The average molecular weight is 530 g/mol. The molecule has 0 spiro atoms. The number of halogens is 2. The van der Waals surface area contributed by atoms with Gasteiger partial charge in [0.15, 0.2) is 21.5 Å². The third-order valence-electron chi connectivity index (χ3n) is 8.07. The summed E-state index contributed by atoms with van der Waals surface area (Å²) in [6.45, 7) is 8.00. The molecule has 1 saturated heterocycles. The molecule has 2 aliphatic heterocycles. The monoisotopic (exact) mass is 529 g/mol. The van der Waals surface area contributed by atoms with Crippen molar-refractivity contribution in [3.8, 4) is 0 Å². The molecular formula is C28H33F2N3O3S. The number of hydrogen-bond donors (Lipinski definition) is 1. The number of H-pyrrole nitrogens is 1. The second-order valence-electron chi connectivity index (χ2n) is 11.2. The summed E-state index contributed by atoms with van der Waals surface area (Å²) in [5.74, 6) is -1.42. The van der Waals surface area contributed by atoms with Crippen LogP contribution >= 0.6 is 0 Å². The summed E-state index contributed by atoms with van der Waals surface area (Å²) >= 11 is 0. The zero-order chi connectivity index (χ0) is 26.7. The molecule has 6 nitrogen and oxygen atoms in total. The van der Waals surface area contributed by atoms with Crippen molar-refractivity contribution in [1.82, 2.24) is 9.88 Å². The molecule has 1 aromatic heterocycles. The Hall–Kier alpha value is -2.78. The van der Waals surface area contributed by atoms with Gasteiger partial charge in [0.25, 0.3) is 0 Å². The number of aromatic amines is 1. The van der Waals surface area contributed by atoms with Crippen LogP contribution in [0.2, 0.25) is 0 Å². The van der Waals surface area contributed by atoms with Gasteiger partial charge in [-0.05, 0) is 80.1 Å². The van der Waals surface area contributed by atoms with Crippen LogP contribution in [0.4, 0.5) is 14.5 Å². The third kappa shape index (κ3) is 4.68. The number of hydrogen-bond acceptors (Lipinski definition) is 4. The lowest BCUT2D eigenvalue weighted by Gasteiger charge is -2.42. The van der Waals surface area contributed by atoms with Crippen molar-refractivity contribution >= 4 is 32.3 Å². The highest BCUT2D eigenvalue weighted by Gasteiger charge is 2.39. The van der Waals surface area contributed by atoms with E-state index in [2.05, 4.69) is 16.8 Å². The number of anilines is 1. The molecule has 1 N–H and O–H groups in total. The number of sulfone groups is 1. The van der Waals surface area contributed by atoms with E-state index < -0.39 is 26.9 Å². The number of fused-ring (bicyclic) bond motifs is 2. The van der Waals surface area contributed by atoms with Crippen LogP contribution in [-0.4, -0.2) is 56.1 Å². The number of likely N-dealkylation sites (tertiary alicyclic amines) is 1. The van der Waals surface area contributed by atoms with Crippen LogP contribution in [-0.2, 0) is 21.1 Å². The van der Waals surface area contributed by atoms with E-state index in [0.29, 0.717) is 19.5 Å². The van der Waals surface area contributed by atoms with Gasteiger partial charge < -0.3 is 9.88 Å². The van der Waals surface area contributed by atoms with Gasteiger partial charge in [-0.15, -0.1) is 0 Å². The van der Waals surface area contributed by atoms with Crippen LogP contribution < -0.4 is 4.90 Å². The summed E-state index contributed by atoms with van der Waals surface area (Å²) in [5.41, 5.74) is 2.28. The van der Waals surface area contributed by atoms with E-state index in [9.17, 15) is 22.0 Å². The highest BCUT2D eigenvalue weighted by Crippen LogP contribution is 2.39. The van der Waals surface area contributed by atoms with Gasteiger partial charge in [-0.3, -0.25) is 9.69 Å². The van der Waals surface area contributed by atoms with E-state index in [4.69, 9.17) is 0 Å². The van der Waals surface area contributed by atoms with Gasteiger partial charge in [0.05, 0.1) is 10.4 Å². The van der Waals surface area contributed by atoms with Crippen molar-refractivity contribution < 1.29 is 22.0 Å². The fourth-order valence-electron chi connectivity index (χ4n) is 6.01. The third-order valence-corrected chi connectivity index (χ3v) is 9.18. The maximum Gasteiger partial charge on any atom is 0.233 e. The van der Waals surface area contributed by atoms with E-state index in [1.54, 1.807) is 35.4 Å². The molecule has 2 aliphatic rings. The predicted molar refractivity (Wildman–Crippen MR) is 141 cm³/mol. The number of nitrogens with zero attached hydrogens (tertiary/aromatic N) is 2. The largest absolute Gasteiger partial charge is 0.358 e. The first kappa shape index (κ1) is 25.9. The molecule has 37 heavy (non-hydrogen) atoms. The first-order chi connectivity index (χ1) is 17.4. The fraction of sp³-hybridized carbons (Fsp3) is 0.464. The first-order valence-electron chi connectivity index (χ1n) is 12.7. The van der Waals surface area contributed by atoms with E-state index in [1.165, 1.54) is 12.3 Å². The molecule has 0 radical (unpaired) electrons. The van der Waals surface area contributed by atoms with Crippen LogP contribution in [0.15, 0.2) is 41.4 Å². The molecule has 0 unspecified atom stereocenters. The molecule has 2 atom stereocenters. The molecule has 3 heterocycles. The summed E-state index contributed by atoms with van der Waals surface area (Å²) in [6.07, 6.45) is 5.25. The molecule has 9 heteroatoms. The summed E-state index contributed by atoms with van der Waals surface area (Å²) in [7, 11) is -3.34. The minimum Gasteiger partial charge on any atom is -0.358 e. The van der Waals surface area contributed by atoms with Gasteiger partial charge in [0.1, 0.15) is 0 Å². The van der Waals surface area contributed by atoms with Gasteiger partial charge >= 0.3 is 0 Å². The van der Waals surface area contributed by atoms with Crippen LogP contribution in [0.3, 0.4) is 0 Å². The van der Waals surface area contributed by atoms with Crippen molar-refractivity contribution in [2.75, 3.05) is 30.8 Å². The zero-order valence-corrected chi connectivity index (χ0v) is 22.5. The van der Waals surface area contributed by atoms with E-state index in [0.717, 1.165) is 41.6 Å². The lowest BCUT2D eigenvalue weighted by Crippen LogP contribution is -2.50. The van der Waals surface area contributed by atoms with Gasteiger partial charge in [-0.2, -0.15) is 0 Å². The molecule has 1 fully saturated rings. The molecular weight excluding hydrogens is 496 g/mol. The number of nitrogens with one attached hydrogen (secondary N) is 1. The Morgan fingerprint density at radius 1 is 1.14 bits per heavy atom. The molecule has 0 bridgehead atoms. The predicted octanol–water partition coefficient (Wildman–Crippen LogP) is 5.03. The zero-order valence-electron chi connectivity index (χ0n) is 21.6. The Morgan fingerprint density at radius 2 is 1.89 bits per heavy atom. The van der Waals surface area contributed by atoms with Gasteiger partial charge in [-0.25, -0.2) is 17.2 Å². The van der Waals surface area contributed by atoms with Gasteiger partial charge in [0, 0.05) is 48.1 Å². The fourth-order valence-corrected chi connectivity index (χ4v) is 6.68. The van der Waals surface area contributed by atoms with Crippen LogP contribution in [0.1, 0.15) is 50.7 Å². The Bertz CT molecular complexity index is 1480. The van der Waals surface area contributed by atoms with Gasteiger partial charge in [0.2, 0.25) is 5.91 Å². The molecule has 2 aromatic carbocycles. The highest BCUT2D eigenvalue weighted by molar-refractivity contribution is 7.90. The molecule has 0 aliphatic carbocycles. The van der Waals surface area contributed by atoms with E-state index in [-0.39, 0.29) is 28.3 Å². The molecule has 1 amide bonds. The summed E-state index contributed by atoms with van der Waals surface area (Å²) in [4.78, 5) is 20.7. The smallest absolute Gasteiger partial charge is 0.233 e. The normalized spacial score (nSPS) is 22.4. The quantitative estimate of drug-likeness (QED) is 0.503. The Morgan fingerprint density at radius 3 is 2.59 bits per heavy atom. The maximum absolute atomic E-state index is 14.2. The highest BCUT2D eigenvalue weighted by atomic mass is 32.2. The Balaban J connectivity index is 1.31. The topological polar surface area (TPSA) is 73.5 Å².